The number of amides is 2. The number of hydrogen-bond donors (Lipinski definition) is 2. The van der Waals surface area contributed by atoms with E-state index in [2.05, 4.69) is 10.6 Å². The largest absolute Gasteiger partial charge is 0.481 e. The Bertz CT molecular complexity index is 434. The van der Waals surface area contributed by atoms with Crippen LogP contribution in [0.1, 0.15) is 13.8 Å². The third-order valence-electron chi connectivity index (χ3n) is 2.29. The summed E-state index contributed by atoms with van der Waals surface area (Å²) in [4.78, 5) is 22.3. The second kappa shape index (κ2) is 7.63. The first-order chi connectivity index (χ1) is 8.99. The highest BCUT2D eigenvalue weighted by atomic mass is 35.5. The van der Waals surface area contributed by atoms with Crippen molar-refractivity contribution in [2.45, 2.75) is 20.0 Å². The number of benzene rings is 1. The quantitative estimate of drug-likeness (QED) is 0.775. The molecule has 1 aromatic carbocycles. The van der Waals surface area contributed by atoms with Crippen LogP contribution >= 0.6 is 11.6 Å². The van der Waals surface area contributed by atoms with Crippen LogP contribution in [0.2, 0.25) is 5.02 Å². The fraction of sp³-hybridized carbons (Fsp3) is 0.385. The summed E-state index contributed by atoms with van der Waals surface area (Å²) in [5.41, 5.74) is 0. The van der Waals surface area contributed by atoms with Crippen LogP contribution in [-0.2, 0) is 9.59 Å². The third-order valence-corrected chi connectivity index (χ3v) is 2.55. The molecule has 6 heteroatoms. The molecule has 1 aromatic rings. The second-order valence-corrected chi connectivity index (χ2v) is 4.42. The maximum atomic E-state index is 11.7. The van der Waals surface area contributed by atoms with Crippen molar-refractivity contribution in [2.24, 2.45) is 0 Å². The zero-order valence-corrected chi connectivity index (χ0v) is 11.7. The molecule has 0 aliphatic rings. The standard InChI is InChI=1S/C13H17ClN2O3/c1-9(13(18)16-8-7-15-10(2)17)19-12-5-3-11(14)4-6-12/h3-6,9H,7-8H2,1-2H3,(H,15,17)(H,16,18). The summed E-state index contributed by atoms with van der Waals surface area (Å²) in [6.07, 6.45) is -0.612. The molecule has 0 saturated carbocycles. The lowest BCUT2D eigenvalue weighted by Gasteiger charge is -2.14. The first-order valence-electron chi connectivity index (χ1n) is 5.93. The molecule has 0 heterocycles. The van der Waals surface area contributed by atoms with Crippen molar-refractivity contribution in [2.75, 3.05) is 13.1 Å². The van der Waals surface area contributed by atoms with E-state index in [-0.39, 0.29) is 11.8 Å². The Kier molecular flexibility index (Phi) is 6.15. The second-order valence-electron chi connectivity index (χ2n) is 3.99. The molecule has 5 nitrogen and oxygen atoms in total. The first kappa shape index (κ1) is 15.3. The van der Waals surface area contributed by atoms with E-state index in [1.807, 2.05) is 0 Å². The SMILES string of the molecule is CC(=O)NCCNC(=O)C(C)Oc1ccc(Cl)cc1. The number of carbonyl (C=O) groups is 2. The molecule has 0 aliphatic carbocycles. The molecule has 0 radical (unpaired) electrons. The van der Waals surface area contributed by atoms with Crippen molar-refractivity contribution >= 4 is 23.4 Å². The monoisotopic (exact) mass is 284 g/mol. The van der Waals surface area contributed by atoms with Gasteiger partial charge in [0.05, 0.1) is 0 Å². The fourth-order valence-electron chi connectivity index (χ4n) is 1.34. The topological polar surface area (TPSA) is 67.4 Å². The highest BCUT2D eigenvalue weighted by Crippen LogP contribution is 2.16. The Morgan fingerprint density at radius 3 is 2.37 bits per heavy atom. The number of nitrogens with one attached hydrogen (secondary N) is 2. The number of rotatable bonds is 6. The van der Waals surface area contributed by atoms with Gasteiger partial charge >= 0.3 is 0 Å². The van der Waals surface area contributed by atoms with Crippen molar-refractivity contribution < 1.29 is 14.3 Å². The zero-order chi connectivity index (χ0) is 14.3. The molecule has 0 spiro atoms. The third kappa shape index (κ3) is 6.10. The van der Waals surface area contributed by atoms with Crippen LogP contribution in [0.4, 0.5) is 0 Å². The molecule has 19 heavy (non-hydrogen) atoms. The van der Waals surface area contributed by atoms with E-state index in [9.17, 15) is 9.59 Å². The molecule has 0 bridgehead atoms. The Morgan fingerprint density at radius 1 is 1.21 bits per heavy atom. The van der Waals surface area contributed by atoms with Gasteiger partial charge in [-0.1, -0.05) is 11.6 Å². The van der Waals surface area contributed by atoms with Gasteiger partial charge in [0.2, 0.25) is 5.91 Å². The Labute approximate surface area is 117 Å². The predicted octanol–water partition coefficient (Wildman–Crippen LogP) is 1.36. The van der Waals surface area contributed by atoms with E-state index >= 15 is 0 Å². The molecule has 1 atom stereocenters. The number of carbonyl (C=O) groups excluding carboxylic acids is 2. The lowest BCUT2D eigenvalue weighted by molar-refractivity contribution is -0.127. The summed E-state index contributed by atoms with van der Waals surface area (Å²) in [6.45, 7) is 3.85. The molecular formula is C13H17ClN2O3. The number of hydrogen-bond acceptors (Lipinski definition) is 3. The van der Waals surface area contributed by atoms with Crippen LogP contribution in [0.15, 0.2) is 24.3 Å². The van der Waals surface area contributed by atoms with E-state index in [0.717, 1.165) is 0 Å². The summed E-state index contributed by atoms with van der Waals surface area (Å²) in [5.74, 6) is 0.217. The molecule has 0 aliphatic heterocycles. The van der Waals surface area contributed by atoms with Gasteiger partial charge in [-0.15, -0.1) is 0 Å². The molecule has 2 amide bonds. The molecule has 2 N–H and O–H groups in total. The summed E-state index contributed by atoms with van der Waals surface area (Å²) in [7, 11) is 0. The average molecular weight is 285 g/mol. The van der Waals surface area contributed by atoms with Crippen LogP contribution in [0, 0.1) is 0 Å². The van der Waals surface area contributed by atoms with Crippen molar-refractivity contribution in [3.8, 4) is 5.75 Å². The summed E-state index contributed by atoms with van der Waals surface area (Å²) in [5, 5.41) is 5.86. The van der Waals surface area contributed by atoms with Crippen LogP contribution in [0.5, 0.6) is 5.75 Å². The fourth-order valence-corrected chi connectivity index (χ4v) is 1.46. The van der Waals surface area contributed by atoms with Gasteiger partial charge in [-0.3, -0.25) is 9.59 Å². The molecule has 0 aromatic heterocycles. The van der Waals surface area contributed by atoms with E-state index in [4.69, 9.17) is 16.3 Å². The highest BCUT2D eigenvalue weighted by molar-refractivity contribution is 6.30. The first-order valence-corrected chi connectivity index (χ1v) is 6.31. The zero-order valence-electron chi connectivity index (χ0n) is 10.9. The van der Waals surface area contributed by atoms with Gasteiger partial charge in [-0.2, -0.15) is 0 Å². The van der Waals surface area contributed by atoms with Crippen molar-refractivity contribution in [3.63, 3.8) is 0 Å². The maximum absolute atomic E-state index is 11.7. The lowest BCUT2D eigenvalue weighted by atomic mass is 10.3. The van der Waals surface area contributed by atoms with Gasteiger partial charge in [-0.25, -0.2) is 0 Å². The summed E-state index contributed by atoms with van der Waals surface area (Å²) in [6, 6.07) is 6.78. The van der Waals surface area contributed by atoms with Crippen LogP contribution in [-0.4, -0.2) is 31.0 Å². The smallest absolute Gasteiger partial charge is 0.260 e. The number of halogens is 1. The minimum absolute atomic E-state index is 0.125. The Hall–Kier alpha value is -1.75. The van der Waals surface area contributed by atoms with E-state index in [1.54, 1.807) is 31.2 Å². The van der Waals surface area contributed by atoms with Gasteiger partial charge in [-0.05, 0) is 31.2 Å². The van der Waals surface area contributed by atoms with Crippen molar-refractivity contribution in [1.82, 2.24) is 10.6 Å². The van der Waals surface area contributed by atoms with Gasteiger partial charge in [0.1, 0.15) is 5.75 Å². The van der Waals surface area contributed by atoms with Gasteiger partial charge in [0.15, 0.2) is 6.10 Å². The van der Waals surface area contributed by atoms with Crippen molar-refractivity contribution in [1.29, 1.82) is 0 Å². The normalized spacial score (nSPS) is 11.5. The highest BCUT2D eigenvalue weighted by Gasteiger charge is 2.13. The molecule has 104 valence electrons. The maximum Gasteiger partial charge on any atom is 0.260 e. The van der Waals surface area contributed by atoms with Crippen LogP contribution < -0.4 is 15.4 Å². The van der Waals surface area contributed by atoms with E-state index in [1.165, 1.54) is 6.92 Å². The van der Waals surface area contributed by atoms with Crippen LogP contribution in [0.3, 0.4) is 0 Å². The van der Waals surface area contributed by atoms with Gasteiger partial charge in [0.25, 0.3) is 5.91 Å². The molecule has 0 saturated heterocycles. The summed E-state index contributed by atoms with van der Waals surface area (Å²) < 4.78 is 5.45. The van der Waals surface area contributed by atoms with E-state index < -0.39 is 6.10 Å². The Morgan fingerprint density at radius 2 is 1.79 bits per heavy atom. The minimum Gasteiger partial charge on any atom is -0.481 e. The van der Waals surface area contributed by atoms with Gasteiger partial charge in [0, 0.05) is 25.0 Å². The average Bonchev–Trinajstić information content (AvgIpc) is 2.36. The molecular weight excluding hydrogens is 268 g/mol. The summed E-state index contributed by atoms with van der Waals surface area (Å²) >= 11 is 5.75. The Balaban J connectivity index is 2.32. The molecule has 1 unspecified atom stereocenters. The lowest BCUT2D eigenvalue weighted by Crippen LogP contribution is -2.40. The van der Waals surface area contributed by atoms with Crippen LogP contribution in [0.25, 0.3) is 0 Å². The number of ether oxygens (including phenoxy) is 1. The van der Waals surface area contributed by atoms with Crippen molar-refractivity contribution in [3.05, 3.63) is 29.3 Å². The van der Waals surface area contributed by atoms with Gasteiger partial charge < -0.3 is 15.4 Å². The molecule has 1 rings (SSSR count). The van der Waals surface area contributed by atoms with E-state index in [0.29, 0.717) is 23.9 Å². The molecule has 0 fully saturated rings. The minimum atomic E-state index is -0.612. The predicted molar refractivity (Wildman–Crippen MR) is 73.2 cm³/mol.